The number of aliphatic carboxylic acids is 1. The van der Waals surface area contributed by atoms with Gasteiger partial charge in [0.2, 0.25) is 0 Å². The zero-order chi connectivity index (χ0) is 19.6. The zero-order valence-corrected chi connectivity index (χ0v) is 14.8. The van der Waals surface area contributed by atoms with Crippen molar-refractivity contribution in [1.29, 1.82) is 0 Å². The standard InChI is InChI=1S/C18H16ClN3O5/c19-14-7-3-2-6-13(14)18(26)20-10-16(23)22-21-9-12-5-1-4-8-15(12)27-11-17(24)25/h1-9H,10-11H2,(H,20,26)(H,22,23)(H,24,25)/b21-9+. The minimum absolute atomic E-state index is 0.264. The highest BCUT2D eigenvalue weighted by Gasteiger charge is 2.10. The number of carboxylic acid groups (broad SMARTS) is 1. The SMILES string of the molecule is O=C(O)COc1ccccc1/C=N/NC(=O)CNC(=O)c1ccccc1Cl. The molecule has 2 aromatic carbocycles. The molecule has 0 aliphatic carbocycles. The van der Waals surface area contributed by atoms with Gasteiger partial charge in [0.05, 0.1) is 23.3 Å². The van der Waals surface area contributed by atoms with E-state index in [-0.39, 0.29) is 17.1 Å². The normalized spacial score (nSPS) is 10.4. The lowest BCUT2D eigenvalue weighted by Crippen LogP contribution is -2.35. The lowest BCUT2D eigenvalue weighted by molar-refractivity contribution is -0.139. The molecule has 0 aliphatic heterocycles. The van der Waals surface area contributed by atoms with E-state index in [2.05, 4.69) is 15.8 Å². The molecule has 0 fully saturated rings. The first-order chi connectivity index (χ1) is 13.0. The highest BCUT2D eigenvalue weighted by atomic mass is 35.5. The third-order valence-electron chi connectivity index (χ3n) is 3.19. The molecule has 140 valence electrons. The third kappa shape index (κ3) is 6.44. The summed E-state index contributed by atoms with van der Waals surface area (Å²) >= 11 is 5.91. The molecule has 8 nitrogen and oxygen atoms in total. The average Bonchev–Trinajstić information content (AvgIpc) is 2.65. The Bertz CT molecular complexity index is 870. The van der Waals surface area contributed by atoms with Gasteiger partial charge in [-0.3, -0.25) is 9.59 Å². The number of carboxylic acids is 1. The molecule has 0 saturated heterocycles. The second kappa shape index (κ2) is 9.93. The molecule has 0 aliphatic rings. The third-order valence-corrected chi connectivity index (χ3v) is 3.52. The molecule has 0 saturated carbocycles. The Hall–Kier alpha value is -3.39. The number of hydrazone groups is 1. The fourth-order valence-corrected chi connectivity index (χ4v) is 2.19. The molecule has 0 aromatic heterocycles. The van der Waals surface area contributed by atoms with Crippen LogP contribution in [0.15, 0.2) is 53.6 Å². The van der Waals surface area contributed by atoms with E-state index >= 15 is 0 Å². The van der Waals surface area contributed by atoms with Gasteiger partial charge < -0.3 is 15.2 Å². The number of halogens is 1. The molecule has 0 spiro atoms. The van der Waals surface area contributed by atoms with Crippen LogP contribution in [0.3, 0.4) is 0 Å². The van der Waals surface area contributed by atoms with Crippen molar-refractivity contribution in [1.82, 2.24) is 10.7 Å². The van der Waals surface area contributed by atoms with Crippen LogP contribution in [-0.4, -0.2) is 42.3 Å². The van der Waals surface area contributed by atoms with Crippen LogP contribution in [0.2, 0.25) is 5.02 Å². The van der Waals surface area contributed by atoms with Crippen molar-refractivity contribution in [2.75, 3.05) is 13.2 Å². The van der Waals surface area contributed by atoms with Gasteiger partial charge in [-0.2, -0.15) is 5.10 Å². The number of nitrogens with zero attached hydrogens (tertiary/aromatic N) is 1. The summed E-state index contributed by atoms with van der Waals surface area (Å²) in [5.74, 6) is -1.82. The van der Waals surface area contributed by atoms with Gasteiger partial charge in [0, 0.05) is 5.56 Å². The summed E-state index contributed by atoms with van der Waals surface area (Å²) in [6.45, 7) is -0.788. The number of carbonyl (C=O) groups is 3. The highest BCUT2D eigenvalue weighted by Crippen LogP contribution is 2.15. The number of para-hydroxylation sites is 1. The number of rotatable bonds is 8. The number of ether oxygens (including phenoxy) is 1. The van der Waals surface area contributed by atoms with E-state index in [0.29, 0.717) is 11.3 Å². The smallest absolute Gasteiger partial charge is 0.341 e. The van der Waals surface area contributed by atoms with Crippen LogP contribution < -0.4 is 15.5 Å². The molecule has 9 heteroatoms. The Morgan fingerprint density at radius 3 is 2.56 bits per heavy atom. The summed E-state index contributed by atoms with van der Waals surface area (Å²) in [4.78, 5) is 34.3. The first kappa shape index (κ1) is 19.9. The van der Waals surface area contributed by atoms with Crippen molar-refractivity contribution in [3.8, 4) is 5.75 Å². The van der Waals surface area contributed by atoms with Crippen molar-refractivity contribution in [3.05, 3.63) is 64.7 Å². The summed E-state index contributed by atoms with van der Waals surface area (Å²) in [5, 5.41) is 15.1. The molecule has 0 heterocycles. The van der Waals surface area contributed by atoms with Gasteiger partial charge >= 0.3 is 5.97 Å². The molecular weight excluding hydrogens is 374 g/mol. The van der Waals surface area contributed by atoms with Gasteiger partial charge in [-0.05, 0) is 24.3 Å². The number of nitrogens with one attached hydrogen (secondary N) is 2. The van der Waals surface area contributed by atoms with Crippen molar-refractivity contribution in [3.63, 3.8) is 0 Å². The first-order valence-corrected chi connectivity index (χ1v) is 8.13. The van der Waals surface area contributed by atoms with E-state index in [1.807, 2.05) is 0 Å². The van der Waals surface area contributed by atoms with Crippen LogP contribution in [0, 0.1) is 0 Å². The van der Waals surface area contributed by atoms with E-state index in [4.69, 9.17) is 21.4 Å². The maximum Gasteiger partial charge on any atom is 0.341 e. The fourth-order valence-electron chi connectivity index (χ4n) is 1.97. The van der Waals surface area contributed by atoms with Gasteiger partial charge in [-0.25, -0.2) is 10.2 Å². The molecule has 2 rings (SSSR count). The van der Waals surface area contributed by atoms with Crippen LogP contribution in [0.4, 0.5) is 0 Å². The van der Waals surface area contributed by atoms with E-state index < -0.39 is 24.4 Å². The van der Waals surface area contributed by atoms with Crippen molar-refractivity contribution in [2.24, 2.45) is 5.10 Å². The maximum atomic E-state index is 12.0. The van der Waals surface area contributed by atoms with Crippen LogP contribution >= 0.6 is 11.6 Å². The molecule has 27 heavy (non-hydrogen) atoms. The van der Waals surface area contributed by atoms with Gasteiger partial charge in [0.15, 0.2) is 6.61 Å². The van der Waals surface area contributed by atoms with E-state index in [0.717, 1.165) is 0 Å². The van der Waals surface area contributed by atoms with Crippen LogP contribution in [0.5, 0.6) is 5.75 Å². The molecule has 3 N–H and O–H groups in total. The molecule has 2 amide bonds. The largest absolute Gasteiger partial charge is 0.481 e. The van der Waals surface area contributed by atoms with Gasteiger partial charge in [-0.15, -0.1) is 0 Å². The topological polar surface area (TPSA) is 117 Å². The Morgan fingerprint density at radius 2 is 1.81 bits per heavy atom. The predicted octanol–water partition coefficient (Wildman–Crippen LogP) is 1.68. The van der Waals surface area contributed by atoms with Crippen LogP contribution in [-0.2, 0) is 9.59 Å². The molecule has 0 bridgehead atoms. The second-order valence-electron chi connectivity index (χ2n) is 5.18. The van der Waals surface area contributed by atoms with E-state index in [1.165, 1.54) is 6.21 Å². The van der Waals surface area contributed by atoms with E-state index in [9.17, 15) is 14.4 Å². The Labute approximate surface area is 159 Å². The van der Waals surface area contributed by atoms with Crippen molar-refractivity contribution < 1.29 is 24.2 Å². The lowest BCUT2D eigenvalue weighted by Gasteiger charge is -2.07. The van der Waals surface area contributed by atoms with Crippen LogP contribution in [0.25, 0.3) is 0 Å². The highest BCUT2D eigenvalue weighted by molar-refractivity contribution is 6.33. The van der Waals surface area contributed by atoms with Gasteiger partial charge in [-0.1, -0.05) is 35.9 Å². The number of hydrogen-bond donors (Lipinski definition) is 3. The minimum Gasteiger partial charge on any atom is -0.481 e. The summed E-state index contributed by atoms with van der Waals surface area (Å²) in [7, 11) is 0. The Morgan fingerprint density at radius 1 is 1.11 bits per heavy atom. The number of amides is 2. The summed E-state index contributed by atoms with van der Waals surface area (Å²) < 4.78 is 5.12. The predicted molar refractivity (Wildman–Crippen MR) is 99.1 cm³/mol. The first-order valence-electron chi connectivity index (χ1n) is 7.75. The van der Waals surface area contributed by atoms with Crippen LogP contribution in [0.1, 0.15) is 15.9 Å². The monoisotopic (exact) mass is 389 g/mol. The molecule has 0 atom stereocenters. The van der Waals surface area contributed by atoms with Gasteiger partial charge in [0.25, 0.3) is 11.8 Å². The van der Waals surface area contributed by atoms with Crippen molar-refractivity contribution in [2.45, 2.75) is 0 Å². The molecule has 2 aromatic rings. The summed E-state index contributed by atoms with van der Waals surface area (Å²) in [6, 6.07) is 13.1. The second-order valence-corrected chi connectivity index (χ2v) is 5.58. The molecule has 0 radical (unpaired) electrons. The molecule has 0 unspecified atom stereocenters. The number of hydrogen-bond acceptors (Lipinski definition) is 5. The Kier molecular flexibility index (Phi) is 7.33. The zero-order valence-electron chi connectivity index (χ0n) is 14.0. The van der Waals surface area contributed by atoms with Gasteiger partial charge in [0.1, 0.15) is 5.75 Å². The quantitative estimate of drug-likeness (QED) is 0.469. The number of carbonyl (C=O) groups excluding carboxylic acids is 2. The minimum atomic E-state index is -1.11. The fraction of sp³-hybridized carbons (Fsp3) is 0.111. The van der Waals surface area contributed by atoms with Crippen molar-refractivity contribution >= 4 is 35.6 Å². The maximum absolute atomic E-state index is 12.0. The summed E-state index contributed by atoms with van der Waals surface area (Å²) in [6.07, 6.45) is 1.31. The van der Waals surface area contributed by atoms with E-state index in [1.54, 1.807) is 48.5 Å². The number of benzene rings is 2. The summed E-state index contributed by atoms with van der Waals surface area (Å²) in [5.41, 5.74) is 3.00. The molecular formula is C18H16ClN3O5. The Balaban J connectivity index is 1.86. The average molecular weight is 390 g/mol. The lowest BCUT2D eigenvalue weighted by atomic mass is 10.2.